The summed E-state index contributed by atoms with van der Waals surface area (Å²) in [5.74, 6) is 0. The van der Waals surface area contributed by atoms with E-state index in [1.165, 1.54) is 24.9 Å². The van der Waals surface area contributed by atoms with Crippen LogP contribution in [0.15, 0.2) is 54.6 Å². The lowest BCUT2D eigenvalue weighted by atomic mass is 9.88. The molecule has 0 N–H and O–H groups in total. The Kier molecular flexibility index (Phi) is 5.60. The zero-order chi connectivity index (χ0) is 17.0. The molecule has 0 aliphatic carbocycles. The van der Waals surface area contributed by atoms with Gasteiger partial charge < -0.3 is 9.64 Å². The third-order valence-electron chi connectivity index (χ3n) is 5.23. The first kappa shape index (κ1) is 17.5. The molecule has 0 saturated carbocycles. The van der Waals surface area contributed by atoms with Gasteiger partial charge in [-0.3, -0.25) is 0 Å². The number of likely N-dealkylation sites (tertiary alicyclic amines) is 1. The van der Waals surface area contributed by atoms with E-state index in [-0.39, 0.29) is 0 Å². The van der Waals surface area contributed by atoms with Gasteiger partial charge in [0.15, 0.2) is 0 Å². The molecular weight excluding hydrogens is 318 g/mol. The van der Waals surface area contributed by atoms with E-state index < -0.39 is 5.60 Å². The van der Waals surface area contributed by atoms with Gasteiger partial charge in [0.05, 0.1) is 0 Å². The Balaban J connectivity index is 1.78. The molecule has 0 spiro atoms. The van der Waals surface area contributed by atoms with Gasteiger partial charge in [-0.1, -0.05) is 54.1 Å². The molecule has 0 bridgehead atoms. The van der Waals surface area contributed by atoms with Gasteiger partial charge in [0.1, 0.15) is 5.60 Å². The molecule has 2 aromatic carbocycles. The van der Waals surface area contributed by atoms with Crippen molar-refractivity contribution in [3.05, 3.63) is 70.7 Å². The molecule has 1 unspecified atom stereocenters. The molecule has 2 atom stereocenters. The maximum Gasteiger partial charge on any atom is 0.115 e. The molecule has 128 valence electrons. The fourth-order valence-corrected chi connectivity index (χ4v) is 3.73. The average molecular weight is 344 g/mol. The minimum atomic E-state index is -0.455. The largest absolute Gasteiger partial charge is 0.366 e. The summed E-state index contributed by atoms with van der Waals surface area (Å²) < 4.78 is 6.48. The molecule has 2 nitrogen and oxygen atoms in total. The molecule has 1 fully saturated rings. The predicted molar refractivity (Wildman–Crippen MR) is 101 cm³/mol. The molecule has 24 heavy (non-hydrogen) atoms. The van der Waals surface area contributed by atoms with Crippen LogP contribution in [0.1, 0.15) is 37.3 Å². The van der Waals surface area contributed by atoms with Crippen LogP contribution in [-0.2, 0) is 10.3 Å². The van der Waals surface area contributed by atoms with E-state index in [4.69, 9.17) is 16.3 Å². The molecule has 3 heteroatoms. The Hall–Kier alpha value is -1.35. The third kappa shape index (κ3) is 3.83. The number of nitrogens with zero attached hydrogens (tertiary/aromatic N) is 1. The summed E-state index contributed by atoms with van der Waals surface area (Å²) in [6.07, 6.45) is 3.66. The van der Waals surface area contributed by atoms with Crippen molar-refractivity contribution >= 4 is 11.6 Å². The van der Waals surface area contributed by atoms with Crippen molar-refractivity contribution in [1.82, 2.24) is 4.90 Å². The Labute approximate surface area is 150 Å². The van der Waals surface area contributed by atoms with Crippen LogP contribution in [0.3, 0.4) is 0 Å². The van der Waals surface area contributed by atoms with Crippen molar-refractivity contribution < 1.29 is 4.74 Å². The lowest BCUT2D eigenvalue weighted by Crippen LogP contribution is -2.31. The van der Waals surface area contributed by atoms with Crippen molar-refractivity contribution in [2.45, 2.75) is 37.8 Å². The van der Waals surface area contributed by atoms with Gasteiger partial charge in [0.25, 0.3) is 0 Å². The number of rotatable bonds is 6. The van der Waals surface area contributed by atoms with Crippen molar-refractivity contribution in [3.8, 4) is 0 Å². The Morgan fingerprint density at radius 1 is 1.08 bits per heavy atom. The fraction of sp³-hybridized carbons (Fsp3) is 0.429. The van der Waals surface area contributed by atoms with Crippen LogP contribution in [0.25, 0.3) is 0 Å². The second-order valence-corrected chi connectivity index (χ2v) is 7.26. The van der Waals surface area contributed by atoms with Gasteiger partial charge >= 0.3 is 0 Å². The summed E-state index contributed by atoms with van der Waals surface area (Å²) in [5.41, 5.74) is 1.85. The summed E-state index contributed by atoms with van der Waals surface area (Å²) in [5, 5.41) is 0.752. The van der Waals surface area contributed by atoms with Crippen LogP contribution in [-0.4, -0.2) is 31.1 Å². The molecule has 1 aliphatic heterocycles. The maximum atomic E-state index is 6.48. The predicted octanol–water partition coefficient (Wildman–Crippen LogP) is 5.10. The van der Waals surface area contributed by atoms with Crippen molar-refractivity contribution in [3.63, 3.8) is 0 Å². The molecule has 3 rings (SSSR count). The zero-order valence-electron chi connectivity index (χ0n) is 14.5. The lowest BCUT2D eigenvalue weighted by molar-refractivity contribution is -0.0117. The normalized spacial score (nSPS) is 20.9. The quantitative estimate of drug-likeness (QED) is 0.723. The van der Waals surface area contributed by atoms with E-state index in [0.717, 1.165) is 23.6 Å². The van der Waals surface area contributed by atoms with Crippen LogP contribution in [0, 0.1) is 0 Å². The first-order valence-corrected chi connectivity index (χ1v) is 9.13. The first-order valence-electron chi connectivity index (χ1n) is 8.75. The number of hydrogen-bond acceptors (Lipinski definition) is 2. The number of hydrogen-bond donors (Lipinski definition) is 0. The second-order valence-electron chi connectivity index (χ2n) is 6.82. The van der Waals surface area contributed by atoms with Crippen LogP contribution in [0.4, 0.5) is 0 Å². The Morgan fingerprint density at radius 2 is 1.75 bits per heavy atom. The van der Waals surface area contributed by atoms with Crippen molar-refractivity contribution in [2.75, 3.05) is 20.2 Å². The smallest absolute Gasteiger partial charge is 0.115 e. The van der Waals surface area contributed by atoms with Gasteiger partial charge in [-0.15, -0.1) is 0 Å². The second kappa shape index (κ2) is 7.69. The summed E-state index contributed by atoms with van der Waals surface area (Å²) in [6.45, 7) is 4.12. The monoisotopic (exact) mass is 343 g/mol. The fourth-order valence-electron chi connectivity index (χ4n) is 3.60. The van der Waals surface area contributed by atoms with E-state index >= 15 is 0 Å². The highest BCUT2D eigenvalue weighted by Gasteiger charge is 2.30. The summed E-state index contributed by atoms with van der Waals surface area (Å²) >= 11 is 6.07. The molecule has 2 aromatic rings. The van der Waals surface area contributed by atoms with E-state index in [0.29, 0.717) is 6.04 Å². The van der Waals surface area contributed by atoms with Gasteiger partial charge in [-0.2, -0.15) is 0 Å². The summed E-state index contributed by atoms with van der Waals surface area (Å²) in [7, 11) is 2.22. The number of halogens is 1. The topological polar surface area (TPSA) is 12.5 Å². The van der Waals surface area contributed by atoms with E-state index in [1.807, 2.05) is 18.2 Å². The summed E-state index contributed by atoms with van der Waals surface area (Å²) in [6, 6.07) is 19.1. The Morgan fingerprint density at radius 3 is 2.38 bits per heavy atom. The van der Waals surface area contributed by atoms with Crippen LogP contribution in [0.5, 0.6) is 0 Å². The molecule has 0 aromatic heterocycles. The highest BCUT2D eigenvalue weighted by molar-refractivity contribution is 6.30. The van der Waals surface area contributed by atoms with Crippen molar-refractivity contribution in [1.29, 1.82) is 0 Å². The van der Waals surface area contributed by atoms with E-state index in [2.05, 4.69) is 55.3 Å². The SMILES string of the molecule is CN1CCCC1CCO[C@@](C)(c1ccccc1)c1ccc(Cl)cc1. The third-order valence-corrected chi connectivity index (χ3v) is 5.49. The van der Waals surface area contributed by atoms with Crippen LogP contribution in [0.2, 0.25) is 5.02 Å². The lowest BCUT2D eigenvalue weighted by Gasteiger charge is -2.32. The number of benzene rings is 2. The molecule has 1 aliphatic rings. The van der Waals surface area contributed by atoms with E-state index in [1.54, 1.807) is 0 Å². The van der Waals surface area contributed by atoms with Crippen LogP contribution < -0.4 is 0 Å². The van der Waals surface area contributed by atoms with Gasteiger partial charge in [0, 0.05) is 17.7 Å². The minimum Gasteiger partial charge on any atom is -0.366 e. The molecule has 1 heterocycles. The molecular formula is C21H26ClNO. The van der Waals surface area contributed by atoms with E-state index in [9.17, 15) is 0 Å². The standard InChI is InChI=1S/C21H26ClNO/c1-21(17-7-4-3-5-8-17,18-10-12-19(22)13-11-18)24-16-14-20-9-6-15-23(20)2/h3-5,7-8,10-13,20H,6,9,14-16H2,1-2H3/t20?,21-/m0/s1. The summed E-state index contributed by atoms with van der Waals surface area (Å²) in [4.78, 5) is 2.45. The molecule has 0 radical (unpaired) electrons. The van der Waals surface area contributed by atoms with Gasteiger partial charge in [-0.25, -0.2) is 0 Å². The average Bonchev–Trinajstić information content (AvgIpc) is 3.01. The maximum absolute atomic E-state index is 6.48. The number of ether oxygens (including phenoxy) is 1. The zero-order valence-corrected chi connectivity index (χ0v) is 15.3. The van der Waals surface area contributed by atoms with Gasteiger partial charge in [-0.05, 0) is 63.0 Å². The molecule has 1 saturated heterocycles. The minimum absolute atomic E-state index is 0.455. The van der Waals surface area contributed by atoms with Crippen molar-refractivity contribution in [2.24, 2.45) is 0 Å². The first-order chi connectivity index (χ1) is 11.6. The highest BCUT2D eigenvalue weighted by Crippen LogP contribution is 2.34. The molecule has 0 amide bonds. The highest BCUT2D eigenvalue weighted by atomic mass is 35.5. The van der Waals surface area contributed by atoms with Gasteiger partial charge in [0.2, 0.25) is 0 Å². The van der Waals surface area contributed by atoms with Crippen LogP contribution >= 0.6 is 11.6 Å². The Bertz CT molecular complexity index is 643.